The molecular formula is C16H16ClN3O2S. The number of nitrogens with zero attached hydrogens (tertiary/aromatic N) is 2. The van der Waals surface area contributed by atoms with Crippen molar-refractivity contribution in [3.63, 3.8) is 0 Å². The molecule has 0 saturated carbocycles. The lowest BCUT2D eigenvalue weighted by molar-refractivity contribution is -0.136. The van der Waals surface area contributed by atoms with Gasteiger partial charge in [0.2, 0.25) is 11.8 Å². The third kappa shape index (κ3) is 3.89. The summed E-state index contributed by atoms with van der Waals surface area (Å²) in [6.45, 7) is 0.613. The van der Waals surface area contributed by atoms with E-state index >= 15 is 0 Å². The van der Waals surface area contributed by atoms with Crippen LogP contribution in [-0.2, 0) is 16.0 Å². The Morgan fingerprint density at radius 3 is 2.83 bits per heavy atom. The minimum absolute atomic E-state index is 0.0379. The Morgan fingerprint density at radius 1 is 1.35 bits per heavy atom. The first kappa shape index (κ1) is 16.0. The van der Waals surface area contributed by atoms with E-state index in [2.05, 4.69) is 10.3 Å². The number of nitrogens with one attached hydrogen (secondary N) is 1. The number of halogens is 1. The third-order valence-corrected chi connectivity index (χ3v) is 4.75. The van der Waals surface area contributed by atoms with Crippen molar-refractivity contribution >= 4 is 39.9 Å². The average molecular weight is 350 g/mol. The summed E-state index contributed by atoms with van der Waals surface area (Å²) in [5, 5.41) is 5.78. The van der Waals surface area contributed by atoms with Crippen molar-refractivity contribution in [3.05, 3.63) is 46.4 Å². The van der Waals surface area contributed by atoms with Crippen LogP contribution in [0, 0.1) is 0 Å². The number of aromatic nitrogens is 1. The van der Waals surface area contributed by atoms with Gasteiger partial charge >= 0.3 is 0 Å². The Labute approximate surface area is 143 Å². The van der Waals surface area contributed by atoms with Crippen LogP contribution in [0.15, 0.2) is 35.8 Å². The van der Waals surface area contributed by atoms with E-state index in [0.29, 0.717) is 23.1 Å². The molecule has 0 aliphatic carbocycles. The van der Waals surface area contributed by atoms with E-state index in [1.807, 2.05) is 12.1 Å². The van der Waals surface area contributed by atoms with Gasteiger partial charge in [0.15, 0.2) is 5.13 Å². The van der Waals surface area contributed by atoms with Crippen molar-refractivity contribution < 1.29 is 9.59 Å². The highest BCUT2D eigenvalue weighted by molar-refractivity contribution is 7.13. The molecule has 0 spiro atoms. The highest BCUT2D eigenvalue weighted by atomic mass is 35.5. The monoisotopic (exact) mass is 349 g/mol. The van der Waals surface area contributed by atoms with Crippen molar-refractivity contribution in [2.24, 2.45) is 0 Å². The minimum Gasteiger partial charge on any atom is -0.330 e. The van der Waals surface area contributed by atoms with Crippen LogP contribution in [0.25, 0.3) is 0 Å². The molecule has 2 heterocycles. The molecule has 1 aromatic heterocycles. The van der Waals surface area contributed by atoms with Gasteiger partial charge in [0, 0.05) is 23.1 Å². The number of rotatable bonds is 4. The third-order valence-electron chi connectivity index (χ3n) is 3.81. The largest absolute Gasteiger partial charge is 0.330 e. The second kappa shape index (κ2) is 7.10. The number of hydrogen-bond acceptors (Lipinski definition) is 4. The lowest BCUT2D eigenvalue weighted by atomic mass is 10.1. The molecule has 1 saturated heterocycles. The molecule has 1 aliphatic heterocycles. The highest BCUT2D eigenvalue weighted by Crippen LogP contribution is 2.21. The SMILES string of the molecule is O=C(Nc1nccs1)[C@H]1CCCN1C(=O)Cc1ccc(Cl)cc1. The molecule has 0 unspecified atom stereocenters. The topological polar surface area (TPSA) is 62.3 Å². The summed E-state index contributed by atoms with van der Waals surface area (Å²) in [7, 11) is 0. The number of likely N-dealkylation sites (tertiary alicyclic amines) is 1. The Kier molecular flexibility index (Phi) is 4.93. The van der Waals surface area contributed by atoms with Gasteiger partial charge in [0.1, 0.15) is 6.04 Å². The molecule has 2 aromatic rings. The first-order valence-electron chi connectivity index (χ1n) is 7.38. The van der Waals surface area contributed by atoms with Gasteiger partial charge in [-0.25, -0.2) is 4.98 Å². The van der Waals surface area contributed by atoms with Crippen molar-refractivity contribution in [2.75, 3.05) is 11.9 Å². The number of carbonyl (C=O) groups excluding carboxylic acids is 2. The Hall–Kier alpha value is -1.92. The summed E-state index contributed by atoms with van der Waals surface area (Å²) in [4.78, 5) is 30.6. The first-order chi connectivity index (χ1) is 11.1. The normalized spacial score (nSPS) is 17.3. The minimum atomic E-state index is -0.418. The van der Waals surface area contributed by atoms with Crippen molar-refractivity contribution in [3.8, 4) is 0 Å². The van der Waals surface area contributed by atoms with E-state index in [-0.39, 0.29) is 18.2 Å². The maximum Gasteiger partial charge on any atom is 0.248 e. The second-order valence-electron chi connectivity index (χ2n) is 5.37. The van der Waals surface area contributed by atoms with E-state index < -0.39 is 6.04 Å². The maximum atomic E-state index is 12.5. The molecule has 2 amide bonds. The fourth-order valence-electron chi connectivity index (χ4n) is 2.69. The molecule has 1 N–H and O–H groups in total. The van der Waals surface area contributed by atoms with E-state index in [0.717, 1.165) is 12.0 Å². The van der Waals surface area contributed by atoms with Crippen LogP contribution in [0.1, 0.15) is 18.4 Å². The maximum absolute atomic E-state index is 12.5. The smallest absolute Gasteiger partial charge is 0.248 e. The number of hydrogen-bond donors (Lipinski definition) is 1. The first-order valence-corrected chi connectivity index (χ1v) is 8.63. The van der Waals surface area contributed by atoms with E-state index in [1.165, 1.54) is 11.3 Å². The summed E-state index contributed by atoms with van der Waals surface area (Å²) < 4.78 is 0. The van der Waals surface area contributed by atoms with Gasteiger partial charge in [-0.15, -0.1) is 11.3 Å². The predicted molar refractivity (Wildman–Crippen MR) is 90.6 cm³/mol. The van der Waals surface area contributed by atoms with Gasteiger partial charge in [-0.05, 0) is 30.5 Å². The van der Waals surface area contributed by atoms with E-state index in [4.69, 9.17) is 11.6 Å². The summed E-state index contributed by atoms with van der Waals surface area (Å²) in [5.41, 5.74) is 0.894. The van der Waals surface area contributed by atoms with Crippen LogP contribution in [0.4, 0.5) is 5.13 Å². The van der Waals surface area contributed by atoms with Crippen molar-refractivity contribution in [1.29, 1.82) is 0 Å². The molecule has 3 rings (SSSR count). The lowest BCUT2D eigenvalue weighted by Crippen LogP contribution is -2.43. The zero-order chi connectivity index (χ0) is 16.2. The zero-order valence-electron chi connectivity index (χ0n) is 12.4. The Balaban J connectivity index is 1.64. The van der Waals surface area contributed by atoms with Crippen LogP contribution in [0.3, 0.4) is 0 Å². The summed E-state index contributed by atoms with van der Waals surface area (Å²) in [6.07, 6.45) is 3.43. The number of carbonyl (C=O) groups is 2. The highest BCUT2D eigenvalue weighted by Gasteiger charge is 2.34. The standard InChI is InChI=1S/C16H16ClN3O2S/c17-12-5-3-11(4-6-12)10-14(21)20-8-1-2-13(20)15(22)19-16-18-7-9-23-16/h3-7,9,13H,1-2,8,10H2,(H,18,19,22)/t13-/m1/s1. The molecule has 1 aliphatic rings. The van der Waals surface area contributed by atoms with E-state index in [1.54, 1.807) is 28.6 Å². The molecule has 23 heavy (non-hydrogen) atoms. The van der Waals surface area contributed by atoms with Gasteiger partial charge in [-0.3, -0.25) is 9.59 Å². The number of benzene rings is 1. The van der Waals surface area contributed by atoms with Crippen LogP contribution in [0.5, 0.6) is 0 Å². The molecule has 1 atom stereocenters. The zero-order valence-corrected chi connectivity index (χ0v) is 13.9. The molecular weight excluding hydrogens is 334 g/mol. The van der Waals surface area contributed by atoms with Gasteiger partial charge < -0.3 is 10.2 Å². The summed E-state index contributed by atoms with van der Waals surface area (Å²) in [5.74, 6) is -0.203. The van der Waals surface area contributed by atoms with Crippen LogP contribution >= 0.6 is 22.9 Å². The molecule has 7 heteroatoms. The van der Waals surface area contributed by atoms with Gasteiger partial charge in [0.25, 0.3) is 0 Å². The fraction of sp³-hybridized carbons (Fsp3) is 0.312. The molecule has 5 nitrogen and oxygen atoms in total. The van der Waals surface area contributed by atoms with Crippen LogP contribution in [0.2, 0.25) is 5.02 Å². The number of anilines is 1. The molecule has 0 bridgehead atoms. The van der Waals surface area contributed by atoms with Crippen molar-refractivity contribution in [2.45, 2.75) is 25.3 Å². The van der Waals surface area contributed by atoms with Crippen LogP contribution in [-0.4, -0.2) is 34.3 Å². The predicted octanol–water partition coefficient (Wildman–Crippen LogP) is 2.97. The summed E-state index contributed by atoms with van der Waals surface area (Å²) in [6, 6.07) is 6.78. The summed E-state index contributed by atoms with van der Waals surface area (Å²) >= 11 is 7.22. The van der Waals surface area contributed by atoms with Crippen molar-refractivity contribution in [1.82, 2.24) is 9.88 Å². The Morgan fingerprint density at radius 2 is 2.13 bits per heavy atom. The lowest BCUT2D eigenvalue weighted by Gasteiger charge is -2.23. The fourth-order valence-corrected chi connectivity index (χ4v) is 3.35. The van der Waals surface area contributed by atoms with E-state index in [9.17, 15) is 9.59 Å². The quantitative estimate of drug-likeness (QED) is 0.923. The van der Waals surface area contributed by atoms with Gasteiger partial charge in [-0.1, -0.05) is 23.7 Å². The molecule has 1 fully saturated rings. The molecule has 1 aromatic carbocycles. The molecule has 120 valence electrons. The Bertz CT molecular complexity index is 688. The van der Waals surface area contributed by atoms with Gasteiger partial charge in [0.05, 0.1) is 6.42 Å². The van der Waals surface area contributed by atoms with Gasteiger partial charge in [-0.2, -0.15) is 0 Å². The second-order valence-corrected chi connectivity index (χ2v) is 6.71. The average Bonchev–Trinajstić information content (AvgIpc) is 3.20. The number of amides is 2. The van der Waals surface area contributed by atoms with Crippen LogP contribution < -0.4 is 5.32 Å². The molecule has 0 radical (unpaired) electrons. The number of thiazole rings is 1.